The molecule has 82 valence electrons. The summed E-state index contributed by atoms with van der Waals surface area (Å²) < 4.78 is 35.4. The Morgan fingerprint density at radius 3 is 2.67 bits per heavy atom. The summed E-state index contributed by atoms with van der Waals surface area (Å²) in [5.74, 6) is 0.148. The molecule has 0 radical (unpaired) electrons. The van der Waals surface area contributed by atoms with E-state index in [1.807, 2.05) is 0 Å². The van der Waals surface area contributed by atoms with Crippen molar-refractivity contribution in [2.24, 2.45) is 5.73 Å². The first kappa shape index (κ1) is 10.2. The van der Waals surface area contributed by atoms with Crippen LogP contribution < -0.4 is 15.2 Å². The lowest BCUT2D eigenvalue weighted by molar-refractivity contribution is 0.117. The zero-order valence-electron chi connectivity index (χ0n) is 7.95. The third-order valence-corrected chi connectivity index (χ3v) is 2.38. The van der Waals surface area contributed by atoms with Crippen molar-refractivity contribution in [3.8, 4) is 11.5 Å². The van der Waals surface area contributed by atoms with Crippen molar-refractivity contribution >= 4 is 0 Å². The van der Waals surface area contributed by atoms with Crippen LogP contribution in [0.5, 0.6) is 11.5 Å². The molecule has 0 aliphatic carbocycles. The van der Waals surface area contributed by atoms with E-state index in [0.29, 0.717) is 17.1 Å². The normalized spacial score (nSPS) is 15.7. The third-order valence-electron chi connectivity index (χ3n) is 2.38. The lowest BCUT2D eigenvalue weighted by Gasteiger charge is -2.14. The Bertz CT molecular complexity index is 357. The minimum atomic E-state index is -2.46. The van der Waals surface area contributed by atoms with E-state index in [1.165, 1.54) is 0 Å². The molecule has 15 heavy (non-hydrogen) atoms. The topological polar surface area (TPSA) is 44.5 Å². The van der Waals surface area contributed by atoms with E-state index in [9.17, 15) is 8.78 Å². The molecule has 5 heteroatoms. The van der Waals surface area contributed by atoms with Crippen molar-refractivity contribution in [3.05, 3.63) is 23.8 Å². The Labute approximate surface area is 85.8 Å². The summed E-state index contributed by atoms with van der Waals surface area (Å²) in [6.45, 7) is 0.0536. The van der Waals surface area contributed by atoms with Crippen LogP contribution in [0.1, 0.15) is 11.5 Å². The van der Waals surface area contributed by atoms with Gasteiger partial charge in [0.25, 0.3) is 0 Å². The summed E-state index contributed by atoms with van der Waals surface area (Å²) in [7, 11) is 0. The van der Waals surface area contributed by atoms with Gasteiger partial charge in [-0.25, -0.2) is 8.78 Å². The number of ether oxygens (including phenoxy) is 2. The molecule has 1 aliphatic rings. The second-order valence-corrected chi connectivity index (χ2v) is 3.29. The Balaban J connectivity index is 2.28. The Morgan fingerprint density at radius 1 is 1.27 bits per heavy atom. The second-order valence-electron chi connectivity index (χ2n) is 3.29. The van der Waals surface area contributed by atoms with Crippen LogP contribution in [0.25, 0.3) is 0 Å². The zero-order chi connectivity index (χ0) is 10.8. The van der Waals surface area contributed by atoms with E-state index in [4.69, 9.17) is 15.2 Å². The molecule has 0 spiro atoms. The molecule has 1 aromatic carbocycles. The summed E-state index contributed by atoms with van der Waals surface area (Å²) in [4.78, 5) is 0. The first-order valence-corrected chi connectivity index (χ1v) is 4.60. The van der Waals surface area contributed by atoms with Gasteiger partial charge in [0.1, 0.15) is 0 Å². The third kappa shape index (κ3) is 1.87. The summed E-state index contributed by atoms with van der Waals surface area (Å²) in [6.07, 6.45) is -2.46. The molecule has 0 fully saturated rings. The van der Waals surface area contributed by atoms with Crippen molar-refractivity contribution < 1.29 is 18.3 Å². The lowest BCUT2D eigenvalue weighted by Crippen LogP contribution is -2.19. The highest BCUT2D eigenvalue weighted by Gasteiger charge is 2.23. The average molecular weight is 215 g/mol. The van der Waals surface area contributed by atoms with Gasteiger partial charge in [-0.1, -0.05) is 6.07 Å². The maximum absolute atomic E-state index is 12.6. The van der Waals surface area contributed by atoms with Gasteiger partial charge in [-0.15, -0.1) is 0 Å². The van der Waals surface area contributed by atoms with Gasteiger partial charge in [-0.2, -0.15) is 0 Å². The molecule has 2 N–H and O–H groups in total. The summed E-state index contributed by atoms with van der Waals surface area (Å²) in [6, 6.07) is 4.78. The van der Waals surface area contributed by atoms with E-state index < -0.39 is 12.3 Å². The molecule has 3 nitrogen and oxygen atoms in total. The van der Waals surface area contributed by atoms with Crippen LogP contribution in [0.2, 0.25) is 0 Å². The summed E-state index contributed by atoms with van der Waals surface area (Å²) in [5.41, 5.74) is 5.78. The van der Waals surface area contributed by atoms with E-state index >= 15 is 0 Å². The van der Waals surface area contributed by atoms with Gasteiger partial charge < -0.3 is 15.2 Å². The van der Waals surface area contributed by atoms with Crippen LogP contribution in [0.3, 0.4) is 0 Å². The SMILES string of the molecule is NCC(c1ccc2c(c1)OCO2)C(F)F. The first-order chi connectivity index (χ1) is 7.22. The van der Waals surface area contributed by atoms with Crippen molar-refractivity contribution in [2.45, 2.75) is 12.3 Å². The largest absolute Gasteiger partial charge is 0.454 e. The van der Waals surface area contributed by atoms with Crippen LogP contribution in [0, 0.1) is 0 Å². The van der Waals surface area contributed by atoms with Gasteiger partial charge in [0, 0.05) is 6.54 Å². The molecule has 0 saturated heterocycles. The molecule has 1 unspecified atom stereocenters. The smallest absolute Gasteiger partial charge is 0.246 e. The van der Waals surface area contributed by atoms with E-state index in [0.717, 1.165) is 0 Å². The fourth-order valence-corrected chi connectivity index (χ4v) is 1.53. The molecule has 0 saturated carbocycles. The number of halogens is 2. The van der Waals surface area contributed by atoms with Crippen LogP contribution in [0.15, 0.2) is 18.2 Å². The zero-order valence-corrected chi connectivity index (χ0v) is 7.95. The number of hydrogen-bond acceptors (Lipinski definition) is 3. The quantitative estimate of drug-likeness (QED) is 0.835. The number of rotatable bonds is 3. The van der Waals surface area contributed by atoms with Gasteiger partial charge in [-0.3, -0.25) is 0 Å². The number of alkyl halides is 2. The van der Waals surface area contributed by atoms with Crippen LogP contribution in [-0.4, -0.2) is 19.8 Å². The summed E-state index contributed by atoms with van der Waals surface area (Å²) in [5, 5.41) is 0. The minimum absolute atomic E-state index is 0.0860. The second kappa shape index (κ2) is 4.02. The number of fused-ring (bicyclic) bond motifs is 1. The minimum Gasteiger partial charge on any atom is -0.454 e. The molecule has 0 amide bonds. The van der Waals surface area contributed by atoms with Gasteiger partial charge >= 0.3 is 0 Å². The van der Waals surface area contributed by atoms with Crippen molar-refractivity contribution in [2.75, 3.05) is 13.3 Å². The highest BCUT2D eigenvalue weighted by atomic mass is 19.3. The Morgan fingerprint density at radius 2 is 2.00 bits per heavy atom. The van der Waals surface area contributed by atoms with Gasteiger partial charge in [0.2, 0.25) is 13.2 Å². The molecule has 1 atom stereocenters. The van der Waals surface area contributed by atoms with Crippen LogP contribution >= 0.6 is 0 Å². The number of nitrogens with two attached hydrogens (primary N) is 1. The Kier molecular flexibility index (Phi) is 2.73. The highest BCUT2D eigenvalue weighted by Crippen LogP contribution is 2.35. The highest BCUT2D eigenvalue weighted by molar-refractivity contribution is 5.45. The molecule has 0 aromatic heterocycles. The first-order valence-electron chi connectivity index (χ1n) is 4.60. The van der Waals surface area contributed by atoms with E-state index in [2.05, 4.69) is 0 Å². The molecule has 0 bridgehead atoms. The predicted octanol–water partition coefficient (Wildman–Crippen LogP) is 1.72. The van der Waals surface area contributed by atoms with Crippen molar-refractivity contribution in [3.63, 3.8) is 0 Å². The maximum Gasteiger partial charge on any atom is 0.246 e. The van der Waals surface area contributed by atoms with Gasteiger partial charge in [0.15, 0.2) is 11.5 Å². The monoisotopic (exact) mass is 215 g/mol. The Hall–Kier alpha value is -1.36. The standard InChI is InChI=1S/C10H11F2NO2/c11-10(12)7(4-13)6-1-2-8-9(3-6)15-5-14-8/h1-3,7,10H,4-5,13H2. The molecule has 1 aromatic rings. The number of hydrogen-bond donors (Lipinski definition) is 1. The molecule has 1 heterocycles. The predicted molar refractivity (Wildman–Crippen MR) is 50.4 cm³/mol. The summed E-state index contributed by atoms with van der Waals surface area (Å²) >= 11 is 0. The van der Waals surface area contributed by atoms with Crippen LogP contribution in [0.4, 0.5) is 8.78 Å². The average Bonchev–Trinajstić information content (AvgIpc) is 2.65. The van der Waals surface area contributed by atoms with Crippen molar-refractivity contribution in [1.82, 2.24) is 0 Å². The molecule has 1 aliphatic heterocycles. The van der Waals surface area contributed by atoms with Crippen molar-refractivity contribution in [1.29, 1.82) is 0 Å². The molecular formula is C10H11F2NO2. The fraction of sp³-hybridized carbons (Fsp3) is 0.400. The van der Waals surface area contributed by atoms with Gasteiger partial charge in [0.05, 0.1) is 5.92 Å². The number of benzene rings is 1. The maximum atomic E-state index is 12.6. The van der Waals surface area contributed by atoms with Gasteiger partial charge in [-0.05, 0) is 17.7 Å². The fourth-order valence-electron chi connectivity index (χ4n) is 1.53. The van der Waals surface area contributed by atoms with Crippen LogP contribution in [-0.2, 0) is 0 Å². The molecule has 2 rings (SSSR count). The van der Waals surface area contributed by atoms with E-state index in [1.54, 1.807) is 18.2 Å². The van der Waals surface area contributed by atoms with E-state index in [-0.39, 0.29) is 13.3 Å². The lowest BCUT2D eigenvalue weighted by atomic mass is 9.99. The molecular weight excluding hydrogens is 204 g/mol.